The van der Waals surface area contributed by atoms with Crippen LogP contribution in [0.25, 0.3) is 0 Å². The van der Waals surface area contributed by atoms with Crippen molar-refractivity contribution in [3.05, 3.63) is 21.0 Å². The fourth-order valence-electron chi connectivity index (χ4n) is 6.86. The summed E-state index contributed by atoms with van der Waals surface area (Å²) in [7, 11) is 0. The molecule has 1 rings (SSSR count). The van der Waals surface area contributed by atoms with Crippen LogP contribution in [0.2, 0.25) is 0 Å². The van der Waals surface area contributed by atoms with Gasteiger partial charge in [-0.05, 0) is 0 Å². The smallest absolute Gasteiger partial charge is 0.0654 e. The van der Waals surface area contributed by atoms with Gasteiger partial charge in [0.15, 0.2) is 0 Å². The van der Waals surface area contributed by atoms with Gasteiger partial charge in [0.1, 0.15) is 0 Å². The van der Waals surface area contributed by atoms with Gasteiger partial charge in [0.2, 0.25) is 0 Å². The van der Waals surface area contributed by atoms with Gasteiger partial charge < -0.3 is 0 Å². The fourth-order valence-corrected chi connectivity index (χ4v) is 8.82. The summed E-state index contributed by atoms with van der Waals surface area (Å²) < 4.78 is 12.0. The summed E-state index contributed by atoms with van der Waals surface area (Å²) in [6.07, 6.45) is 47.7. The van der Waals surface area contributed by atoms with Gasteiger partial charge >= 0.3 is 161 Å². The number of rotatable bonds is 40. The summed E-state index contributed by atoms with van der Waals surface area (Å²) in [6.45, 7) is 8.27. The van der Waals surface area contributed by atoms with Crippen LogP contribution in [0.15, 0.2) is 9.88 Å². The van der Waals surface area contributed by atoms with Gasteiger partial charge in [0, 0.05) is 0 Å². The van der Waals surface area contributed by atoms with E-state index in [0.717, 1.165) is 39.3 Å². The second kappa shape index (κ2) is 38.7. The van der Waals surface area contributed by atoms with Crippen LogP contribution in [0, 0.1) is 0 Å². The van der Waals surface area contributed by atoms with Crippen LogP contribution >= 0.6 is 0 Å². The van der Waals surface area contributed by atoms with E-state index in [2.05, 4.69) is 23.7 Å². The SMILES string of the molecule is CCCCCCCCCCCCCCCCCCOCCc1c[se]cc1CCOCCCCCCCCCCCCCCCCCC. The summed E-state index contributed by atoms with van der Waals surface area (Å²) >= 11 is 0.548. The van der Waals surface area contributed by atoms with Crippen molar-refractivity contribution in [1.82, 2.24) is 0 Å². The molecular formula is C44H84O2Se. The van der Waals surface area contributed by atoms with Gasteiger partial charge in [0.25, 0.3) is 0 Å². The van der Waals surface area contributed by atoms with Crippen molar-refractivity contribution in [2.45, 2.75) is 232 Å². The second-order valence-electron chi connectivity index (χ2n) is 14.8. The number of unbranched alkanes of at least 4 members (excludes halogenated alkanes) is 30. The summed E-state index contributed by atoms with van der Waals surface area (Å²) in [5.74, 6) is 0. The van der Waals surface area contributed by atoms with Crippen molar-refractivity contribution in [3.8, 4) is 0 Å². The maximum atomic E-state index is 6.02. The minimum absolute atomic E-state index is 0.548. The third-order valence-corrected chi connectivity index (χ3v) is 11.9. The molecule has 0 aliphatic rings. The van der Waals surface area contributed by atoms with Crippen LogP contribution in [0.1, 0.15) is 230 Å². The first-order chi connectivity index (χ1) is 23.4. The molecule has 0 aliphatic heterocycles. The van der Waals surface area contributed by atoms with Gasteiger partial charge in [-0.15, -0.1) is 0 Å². The molecule has 3 heteroatoms. The maximum absolute atomic E-state index is 6.02. The normalized spacial score (nSPS) is 11.6. The van der Waals surface area contributed by atoms with Crippen LogP contribution < -0.4 is 0 Å². The number of hydrogen-bond donors (Lipinski definition) is 0. The van der Waals surface area contributed by atoms with E-state index in [4.69, 9.17) is 9.47 Å². The van der Waals surface area contributed by atoms with Crippen LogP contribution in [0.5, 0.6) is 0 Å². The van der Waals surface area contributed by atoms with Gasteiger partial charge in [-0.1, -0.05) is 142 Å². The van der Waals surface area contributed by atoms with Crippen LogP contribution in [-0.2, 0) is 22.3 Å². The quantitative estimate of drug-likeness (QED) is 0.0496. The molecular weight excluding hydrogens is 639 g/mol. The molecule has 0 spiro atoms. The predicted molar refractivity (Wildman–Crippen MR) is 212 cm³/mol. The van der Waals surface area contributed by atoms with Crippen molar-refractivity contribution in [1.29, 1.82) is 0 Å². The molecule has 278 valence electrons. The van der Waals surface area contributed by atoms with E-state index in [1.54, 1.807) is 11.1 Å². The molecule has 0 amide bonds. The number of hydrogen-bond acceptors (Lipinski definition) is 2. The first-order valence-electron chi connectivity index (χ1n) is 21.6. The zero-order valence-electron chi connectivity index (χ0n) is 32.2. The minimum atomic E-state index is 0.548. The Morgan fingerprint density at radius 3 is 0.809 bits per heavy atom. The summed E-state index contributed by atoms with van der Waals surface area (Å²) in [6, 6.07) is 0. The predicted octanol–water partition coefficient (Wildman–Crippen LogP) is 14.4. The Balaban J connectivity index is 1.79. The molecule has 0 unspecified atom stereocenters. The van der Waals surface area contributed by atoms with E-state index >= 15 is 0 Å². The van der Waals surface area contributed by atoms with E-state index in [1.165, 1.54) is 205 Å². The zero-order valence-corrected chi connectivity index (χ0v) is 34.0. The molecule has 47 heavy (non-hydrogen) atoms. The topological polar surface area (TPSA) is 18.5 Å². The molecule has 0 saturated carbocycles. The third-order valence-electron chi connectivity index (χ3n) is 10.1. The number of ether oxygens (including phenoxy) is 2. The first kappa shape index (κ1) is 44.9. The van der Waals surface area contributed by atoms with Gasteiger partial charge in [0.05, 0.1) is 0 Å². The Kier molecular flexibility index (Phi) is 37.0. The molecule has 0 aromatic carbocycles. The molecule has 0 atom stereocenters. The fraction of sp³-hybridized carbons (Fsp3) is 0.909. The molecule has 0 bridgehead atoms. The Hall–Kier alpha value is -0.0805. The van der Waals surface area contributed by atoms with Crippen molar-refractivity contribution in [3.63, 3.8) is 0 Å². The Bertz CT molecular complexity index is 644. The average Bonchev–Trinajstić information content (AvgIpc) is 3.53. The first-order valence-corrected chi connectivity index (χ1v) is 23.6. The van der Waals surface area contributed by atoms with Crippen molar-refractivity contribution in [2.24, 2.45) is 0 Å². The van der Waals surface area contributed by atoms with Crippen LogP contribution in [-0.4, -0.2) is 40.9 Å². The monoisotopic (exact) mass is 725 g/mol. The van der Waals surface area contributed by atoms with Gasteiger partial charge in [-0.3, -0.25) is 0 Å². The molecule has 2 nitrogen and oxygen atoms in total. The Morgan fingerprint density at radius 2 is 0.553 bits per heavy atom. The van der Waals surface area contributed by atoms with Gasteiger partial charge in [-0.25, -0.2) is 0 Å². The molecule has 0 saturated heterocycles. The third kappa shape index (κ3) is 32.9. The molecule has 0 aliphatic carbocycles. The summed E-state index contributed by atoms with van der Waals surface area (Å²) in [5, 5.41) is 0. The van der Waals surface area contributed by atoms with Crippen molar-refractivity contribution in [2.75, 3.05) is 26.4 Å². The second-order valence-corrected chi connectivity index (χ2v) is 16.3. The van der Waals surface area contributed by atoms with Crippen LogP contribution in [0.3, 0.4) is 0 Å². The van der Waals surface area contributed by atoms with E-state index in [1.807, 2.05) is 0 Å². The minimum Gasteiger partial charge on any atom is -0.0654 e. The van der Waals surface area contributed by atoms with E-state index in [9.17, 15) is 0 Å². The van der Waals surface area contributed by atoms with Crippen LogP contribution in [0.4, 0.5) is 0 Å². The molecule has 1 aromatic heterocycles. The summed E-state index contributed by atoms with van der Waals surface area (Å²) in [5.41, 5.74) is 3.09. The van der Waals surface area contributed by atoms with Crippen molar-refractivity contribution >= 4 is 14.5 Å². The average molecular weight is 724 g/mol. The molecule has 0 N–H and O–H groups in total. The standard InChI is InChI=1S/C44H84O2Se/c1-3-5-7-9-11-13-15-17-19-21-23-25-27-29-31-33-37-45-39-35-43-41-47-42-44(43)36-40-46-38-34-32-30-28-26-24-22-20-18-16-14-12-10-8-6-4-2/h41-42H,3-40H2,1-2H3. The Labute approximate surface area is 302 Å². The molecule has 0 radical (unpaired) electrons. The molecule has 1 heterocycles. The van der Waals surface area contributed by atoms with Crippen molar-refractivity contribution < 1.29 is 9.47 Å². The van der Waals surface area contributed by atoms with Gasteiger partial charge in [-0.2, -0.15) is 0 Å². The summed E-state index contributed by atoms with van der Waals surface area (Å²) in [4.78, 5) is 4.94. The Morgan fingerprint density at radius 1 is 0.319 bits per heavy atom. The zero-order chi connectivity index (χ0) is 33.6. The molecule has 1 aromatic rings. The van der Waals surface area contributed by atoms with E-state index in [0.29, 0.717) is 14.5 Å². The molecule has 0 fully saturated rings. The van der Waals surface area contributed by atoms with E-state index in [-0.39, 0.29) is 0 Å². The van der Waals surface area contributed by atoms with E-state index < -0.39 is 0 Å².